The molecule has 1 aromatic heterocycles. The van der Waals surface area contributed by atoms with Crippen molar-refractivity contribution in [3.8, 4) is 0 Å². The fourth-order valence-corrected chi connectivity index (χ4v) is 3.44. The number of rotatable bonds is 7. The van der Waals surface area contributed by atoms with Gasteiger partial charge in [0.05, 0.1) is 12.6 Å². The molecule has 1 amide bonds. The van der Waals surface area contributed by atoms with Gasteiger partial charge in [-0.2, -0.15) is 0 Å². The standard InChI is InChI=1S/C16H23NO4S/c1-2-13(21-11-6-4-3-5-7-11)15(18)17-10-12-8-9-14(22-12)16(19)20/h8-9,11,13H,2-7,10H2,1H3,(H,17,18)(H,19,20). The van der Waals surface area contributed by atoms with Gasteiger partial charge in [-0.3, -0.25) is 4.79 Å². The van der Waals surface area contributed by atoms with E-state index in [1.54, 1.807) is 12.1 Å². The maximum Gasteiger partial charge on any atom is 0.345 e. The van der Waals surface area contributed by atoms with Crippen LogP contribution in [0.4, 0.5) is 0 Å². The Hall–Kier alpha value is -1.40. The molecular weight excluding hydrogens is 302 g/mol. The molecule has 0 spiro atoms. The molecule has 1 aliphatic rings. The fourth-order valence-electron chi connectivity index (χ4n) is 2.65. The van der Waals surface area contributed by atoms with Crippen molar-refractivity contribution in [2.24, 2.45) is 0 Å². The van der Waals surface area contributed by atoms with Crippen LogP contribution in [0.3, 0.4) is 0 Å². The molecule has 22 heavy (non-hydrogen) atoms. The zero-order valence-electron chi connectivity index (χ0n) is 12.8. The minimum atomic E-state index is -0.936. The number of amides is 1. The molecule has 1 saturated carbocycles. The van der Waals surface area contributed by atoms with E-state index in [1.165, 1.54) is 30.6 Å². The molecule has 1 atom stereocenters. The number of nitrogens with one attached hydrogen (secondary N) is 1. The van der Waals surface area contributed by atoms with Gasteiger partial charge in [0.15, 0.2) is 0 Å². The van der Waals surface area contributed by atoms with Gasteiger partial charge in [-0.15, -0.1) is 11.3 Å². The van der Waals surface area contributed by atoms with Crippen molar-refractivity contribution in [1.82, 2.24) is 5.32 Å². The van der Waals surface area contributed by atoms with Gasteiger partial charge in [-0.25, -0.2) is 4.79 Å². The van der Waals surface area contributed by atoms with Gasteiger partial charge in [0, 0.05) is 4.88 Å². The summed E-state index contributed by atoms with van der Waals surface area (Å²) in [6.07, 6.45) is 6.12. The molecule has 122 valence electrons. The Morgan fingerprint density at radius 3 is 2.68 bits per heavy atom. The number of carboxylic acids is 1. The van der Waals surface area contributed by atoms with Gasteiger partial charge in [0.25, 0.3) is 0 Å². The van der Waals surface area contributed by atoms with E-state index in [-0.39, 0.29) is 16.9 Å². The van der Waals surface area contributed by atoms with E-state index in [0.29, 0.717) is 13.0 Å². The average molecular weight is 325 g/mol. The van der Waals surface area contributed by atoms with Gasteiger partial charge in [-0.1, -0.05) is 26.2 Å². The third-order valence-electron chi connectivity index (χ3n) is 3.88. The second-order valence-corrected chi connectivity index (χ2v) is 6.75. The Morgan fingerprint density at radius 1 is 1.36 bits per heavy atom. The molecule has 1 fully saturated rings. The van der Waals surface area contributed by atoms with Crippen LogP contribution in [0.1, 0.15) is 60.0 Å². The quantitative estimate of drug-likeness (QED) is 0.807. The minimum Gasteiger partial charge on any atom is -0.477 e. The highest BCUT2D eigenvalue weighted by Crippen LogP contribution is 2.22. The third kappa shape index (κ3) is 4.81. The number of hydrogen-bond donors (Lipinski definition) is 2. The molecule has 5 nitrogen and oxygen atoms in total. The van der Waals surface area contributed by atoms with Crippen LogP contribution in [0.2, 0.25) is 0 Å². The zero-order valence-corrected chi connectivity index (χ0v) is 13.7. The summed E-state index contributed by atoms with van der Waals surface area (Å²) in [7, 11) is 0. The van der Waals surface area contributed by atoms with Gasteiger partial charge in [0.2, 0.25) is 5.91 Å². The van der Waals surface area contributed by atoms with E-state index >= 15 is 0 Å². The van der Waals surface area contributed by atoms with Gasteiger partial charge < -0.3 is 15.2 Å². The van der Waals surface area contributed by atoms with Crippen molar-refractivity contribution in [2.75, 3.05) is 0 Å². The van der Waals surface area contributed by atoms with Crippen LogP contribution in [0, 0.1) is 0 Å². The summed E-state index contributed by atoms with van der Waals surface area (Å²) in [5.41, 5.74) is 0. The molecule has 1 heterocycles. The second kappa shape index (κ2) is 8.29. The topological polar surface area (TPSA) is 75.6 Å². The number of aromatic carboxylic acids is 1. The third-order valence-corrected chi connectivity index (χ3v) is 4.95. The lowest BCUT2D eigenvalue weighted by molar-refractivity contribution is -0.138. The predicted octanol–water partition coefficient (Wildman–Crippen LogP) is 3.19. The van der Waals surface area contributed by atoms with Gasteiger partial charge >= 0.3 is 5.97 Å². The first kappa shape index (κ1) is 17.0. The van der Waals surface area contributed by atoms with Crippen LogP contribution < -0.4 is 5.32 Å². The lowest BCUT2D eigenvalue weighted by atomic mass is 9.97. The van der Waals surface area contributed by atoms with E-state index in [0.717, 1.165) is 17.7 Å². The van der Waals surface area contributed by atoms with Crippen molar-refractivity contribution >= 4 is 23.2 Å². The van der Waals surface area contributed by atoms with Crippen LogP contribution >= 0.6 is 11.3 Å². The highest BCUT2D eigenvalue weighted by Gasteiger charge is 2.23. The van der Waals surface area contributed by atoms with Gasteiger partial charge in [-0.05, 0) is 31.4 Å². The average Bonchev–Trinajstić information content (AvgIpc) is 3.00. The first-order chi connectivity index (χ1) is 10.6. The van der Waals surface area contributed by atoms with E-state index in [1.807, 2.05) is 6.92 Å². The molecule has 2 rings (SSSR count). The van der Waals surface area contributed by atoms with E-state index in [9.17, 15) is 9.59 Å². The van der Waals surface area contributed by atoms with E-state index in [4.69, 9.17) is 9.84 Å². The number of carboxylic acid groups (broad SMARTS) is 1. The number of carbonyl (C=O) groups excluding carboxylic acids is 1. The Kier molecular flexibility index (Phi) is 6.39. The van der Waals surface area contributed by atoms with E-state index < -0.39 is 12.1 Å². The summed E-state index contributed by atoms with van der Waals surface area (Å²) in [6, 6.07) is 3.29. The van der Waals surface area contributed by atoms with E-state index in [2.05, 4.69) is 5.32 Å². The van der Waals surface area contributed by atoms with Crippen LogP contribution in [-0.4, -0.2) is 29.2 Å². The molecule has 0 radical (unpaired) electrons. The molecule has 2 N–H and O–H groups in total. The maximum atomic E-state index is 12.2. The van der Waals surface area contributed by atoms with Crippen LogP contribution in [0.25, 0.3) is 0 Å². The van der Waals surface area contributed by atoms with Crippen molar-refractivity contribution in [3.63, 3.8) is 0 Å². The molecule has 1 aromatic rings. The molecular formula is C16H23NO4S. The maximum absolute atomic E-state index is 12.2. The molecule has 0 saturated heterocycles. The highest BCUT2D eigenvalue weighted by atomic mass is 32.1. The molecule has 0 bridgehead atoms. The monoisotopic (exact) mass is 325 g/mol. The van der Waals surface area contributed by atoms with Crippen molar-refractivity contribution in [3.05, 3.63) is 21.9 Å². The van der Waals surface area contributed by atoms with Crippen molar-refractivity contribution in [1.29, 1.82) is 0 Å². The molecule has 1 aliphatic carbocycles. The summed E-state index contributed by atoms with van der Waals surface area (Å²) in [5.74, 6) is -1.05. The Bertz CT molecular complexity index is 508. The minimum absolute atomic E-state index is 0.113. The predicted molar refractivity (Wildman–Crippen MR) is 85.2 cm³/mol. The molecule has 0 aromatic carbocycles. The smallest absolute Gasteiger partial charge is 0.345 e. The lowest BCUT2D eigenvalue weighted by Gasteiger charge is -2.26. The van der Waals surface area contributed by atoms with Gasteiger partial charge in [0.1, 0.15) is 11.0 Å². The summed E-state index contributed by atoms with van der Waals surface area (Å²) in [4.78, 5) is 24.2. The largest absolute Gasteiger partial charge is 0.477 e. The van der Waals surface area contributed by atoms with Crippen LogP contribution in [-0.2, 0) is 16.1 Å². The molecule has 1 unspecified atom stereocenters. The SMILES string of the molecule is CCC(OC1CCCCC1)C(=O)NCc1ccc(C(=O)O)s1. The second-order valence-electron chi connectivity index (χ2n) is 5.58. The Balaban J connectivity index is 1.81. The summed E-state index contributed by atoms with van der Waals surface area (Å²) in [6.45, 7) is 2.29. The molecule has 0 aliphatic heterocycles. The van der Waals surface area contributed by atoms with Crippen LogP contribution in [0.5, 0.6) is 0 Å². The Labute approximate surface area is 134 Å². The number of carbonyl (C=O) groups is 2. The number of thiophene rings is 1. The number of ether oxygens (including phenoxy) is 1. The number of hydrogen-bond acceptors (Lipinski definition) is 4. The fraction of sp³-hybridized carbons (Fsp3) is 0.625. The van der Waals surface area contributed by atoms with Crippen molar-refractivity contribution < 1.29 is 19.4 Å². The zero-order chi connectivity index (χ0) is 15.9. The summed E-state index contributed by atoms with van der Waals surface area (Å²) >= 11 is 1.18. The first-order valence-electron chi connectivity index (χ1n) is 7.85. The first-order valence-corrected chi connectivity index (χ1v) is 8.67. The van der Waals surface area contributed by atoms with Crippen LogP contribution in [0.15, 0.2) is 12.1 Å². The Morgan fingerprint density at radius 2 is 2.09 bits per heavy atom. The lowest BCUT2D eigenvalue weighted by Crippen LogP contribution is -2.38. The molecule has 6 heteroatoms. The highest BCUT2D eigenvalue weighted by molar-refractivity contribution is 7.13. The summed E-state index contributed by atoms with van der Waals surface area (Å²) in [5, 5.41) is 11.7. The summed E-state index contributed by atoms with van der Waals surface area (Å²) < 4.78 is 5.93. The van der Waals surface area contributed by atoms with Crippen molar-refractivity contribution in [2.45, 2.75) is 64.2 Å². The normalized spacial score (nSPS) is 17.1.